The first kappa shape index (κ1) is 12.2. The molecule has 0 bridgehead atoms. The predicted octanol–water partition coefficient (Wildman–Crippen LogP) is 1.86. The molecule has 2 rings (SSSR count). The van der Waals surface area contributed by atoms with Crippen LogP contribution in [0.5, 0.6) is 0 Å². The third-order valence-corrected chi connectivity index (χ3v) is 4.10. The summed E-state index contributed by atoms with van der Waals surface area (Å²) in [6, 6.07) is 2.50. The fourth-order valence-corrected chi connectivity index (χ4v) is 2.57. The van der Waals surface area contributed by atoms with Crippen molar-refractivity contribution in [1.82, 2.24) is 4.57 Å². The number of pyridine rings is 1. The van der Waals surface area contributed by atoms with Gasteiger partial charge < -0.3 is 4.57 Å². The summed E-state index contributed by atoms with van der Waals surface area (Å²) in [5, 5.41) is 10.7. The molecule has 17 heavy (non-hydrogen) atoms. The molecule has 0 radical (unpaired) electrons. The first-order valence-corrected chi connectivity index (χ1v) is 6.15. The molecule has 0 N–H and O–H groups in total. The van der Waals surface area contributed by atoms with Crippen molar-refractivity contribution in [2.75, 3.05) is 5.75 Å². The van der Waals surface area contributed by atoms with Crippen LogP contribution in [0.15, 0.2) is 23.1 Å². The number of nitrogens with zero attached hydrogens (tertiary/aromatic N) is 2. The minimum atomic E-state index is -0.482. The van der Waals surface area contributed by atoms with E-state index in [2.05, 4.69) is 12.6 Å². The van der Waals surface area contributed by atoms with E-state index in [1.807, 2.05) is 0 Å². The molecule has 1 aliphatic rings. The van der Waals surface area contributed by atoms with Crippen molar-refractivity contribution in [1.29, 1.82) is 0 Å². The Morgan fingerprint density at radius 3 is 2.65 bits per heavy atom. The molecule has 1 fully saturated rings. The zero-order valence-corrected chi connectivity index (χ0v) is 10.2. The molecule has 0 aromatic carbocycles. The Labute approximate surface area is 104 Å². The fourth-order valence-electron chi connectivity index (χ4n) is 2.15. The Morgan fingerprint density at radius 1 is 1.47 bits per heavy atom. The maximum Gasteiger partial charge on any atom is 0.285 e. The van der Waals surface area contributed by atoms with Crippen molar-refractivity contribution in [2.45, 2.75) is 25.8 Å². The van der Waals surface area contributed by atoms with E-state index in [9.17, 15) is 14.9 Å². The molecule has 1 aromatic rings. The number of aromatic nitrogens is 1. The molecule has 1 heterocycles. The van der Waals surface area contributed by atoms with E-state index in [0.717, 1.165) is 19.3 Å². The van der Waals surface area contributed by atoms with Gasteiger partial charge in [0.2, 0.25) is 0 Å². The second kappa shape index (κ2) is 4.52. The molecule has 1 aromatic heterocycles. The lowest BCUT2D eigenvalue weighted by Crippen LogP contribution is -2.38. The Bertz CT molecular complexity index is 488. The van der Waals surface area contributed by atoms with Crippen LogP contribution in [0, 0.1) is 15.5 Å². The van der Waals surface area contributed by atoms with Crippen LogP contribution in [0.2, 0.25) is 0 Å². The van der Waals surface area contributed by atoms with Gasteiger partial charge in [0.15, 0.2) is 0 Å². The average molecular weight is 254 g/mol. The third-order valence-electron chi connectivity index (χ3n) is 3.43. The molecular formula is C11H14N2O3S. The minimum Gasteiger partial charge on any atom is -0.308 e. The van der Waals surface area contributed by atoms with E-state index in [1.54, 1.807) is 0 Å². The molecule has 0 saturated heterocycles. The maximum absolute atomic E-state index is 11.6. The Morgan fingerprint density at radius 2 is 2.18 bits per heavy atom. The first-order chi connectivity index (χ1) is 8.06. The third kappa shape index (κ3) is 2.36. The second-order valence-corrected chi connectivity index (χ2v) is 4.94. The van der Waals surface area contributed by atoms with Crippen LogP contribution >= 0.6 is 12.6 Å². The number of rotatable bonds is 4. The summed E-state index contributed by atoms with van der Waals surface area (Å²) in [4.78, 5) is 21.8. The van der Waals surface area contributed by atoms with E-state index < -0.39 is 4.92 Å². The van der Waals surface area contributed by atoms with Gasteiger partial charge >= 0.3 is 0 Å². The smallest absolute Gasteiger partial charge is 0.285 e. The van der Waals surface area contributed by atoms with Gasteiger partial charge in [-0.3, -0.25) is 14.9 Å². The molecule has 1 saturated carbocycles. The molecule has 0 spiro atoms. The highest BCUT2D eigenvalue weighted by Gasteiger charge is 2.36. The lowest BCUT2D eigenvalue weighted by atomic mass is 9.70. The van der Waals surface area contributed by atoms with Gasteiger partial charge in [0.05, 0.1) is 11.1 Å². The Balaban J connectivity index is 2.28. The maximum atomic E-state index is 11.6. The van der Waals surface area contributed by atoms with Gasteiger partial charge in [-0.25, -0.2) is 0 Å². The van der Waals surface area contributed by atoms with Gasteiger partial charge in [-0.1, -0.05) is 6.42 Å². The van der Waals surface area contributed by atoms with Crippen LogP contribution in [0.1, 0.15) is 19.3 Å². The monoisotopic (exact) mass is 254 g/mol. The van der Waals surface area contributed by atoms with Crippen LogP contribution < -0.4 is 5.56 Å². The van der Waals surface area contributed by atoms with Crippen molar-refractivity contribution in [3.05, 3.63) is 38.8 Å². The molecule has 1 aliphatic carbocycles. The van der Waals surface area contributed by atoms with Gasteiger partial charge in [0.25, 0.3) is 11.2 Å². The lowest BCUT2D eigenvalue weighted by molar-refractivity contribution is -0.385. The lowest BCUT2D eigenvalue weighted by Gasteiger charge is -2.41. The first-order valence-electron chi connectivity index (χ1n) is 5.52. The van der Waals surface area contributed by atoms with Gasteiger partial charge in [0.1, 0.15) is 0 Å². The summed E-state index contributed by atoms with van der Waals surface area (Å²) < 4.78 is 1.44. The van der Waals surface area contributed by atoms with Crippen LogP contribution in [0.25, 0.3) is 0 Å². The van der Waals surface area contributed by atoms with E-state index in [0.29, 0.717) is 12.3 Å². The van der Waals surface area contributed by atoms with E-state index in [4.69, 9.17) is 0 Å². The van der Waals surface area contributed by atoms with E-state index >= 15 is 0 Å². The van der Waals surface area contributed by atoms with E-state index in [-0.39, 0.29) is 16.7 Å². The zero-order valence-electron chi connectivity index (χ0n) is 9.33. The number of thiol groups is 1. The number of hydrogen-bond acceptors (Lipinski definition) is 4. The summed E-state index contributed by atoms with van der Waals surface area (Å²) in [5.41, 5.74) is -0.191. The summed E-state index contributed by atoms with van der Waals surface area (Å²) in [7, 11) is 0. The van der Waals surface area contributed by atoms with Crippen molar-refractivity contribution in [2.24, 2.45) is 5.41 Å². The van der Waals surface area contributed by atoms with Crippen molar-refractivity contribution in [3.8, 4) is 0 Å². The fraction of sp³-hybridized carbons (Fsp3) is 0.545. The van der Waals surface area contributed by atoms with E-state index in [1.165, 1.54) is 22.9 Å². The van der Waals surface area contributed by atoms with Crippen molar-refractivity contribution >= 4 is 18.3 Å². The van der Waals surface area contributed by atoms with Crippen LogP contribution in [0.4, 0.5) is 5.69 Å². The molecule has 0 unspecified atom stereocenters. The summed E-state index contributed by atoms with van der Waals surface area (Å²) in [6.45, 7) is 0.525. The highest BCUT2D eigenvalue weighted by atomic mass is 32.1. The predicted molar refractivity (Wildman–Crippen MR) is 67.5 cm³/mol. The molecule has 0 amide bonds. The summed E-state index contributed by atoms with van der Waals surface area (Å²) >= 11 is 4.31. The van der Waals surface area contributed by atoms with Crippen molar-refractivity contribution < 1.29 is 4.92 Å². The van der Waals surface area contributed by atoms with Gasteiger partial charge in [0, 0.05) is 18.7 Å². The molecule has 0 atom stereocenters. The largest absolute Gasteiger partial charge is 0.308 e. The molecular weight excluding hydrogens is 240 g/mol. The number of nitro groups is 1. The molecule has 92 valence electrons. The highest BCUT2D eigenvalue weighted by Crippen LogP contribution is 2.43. The number of hydrogen-bond donors (Lipinski definition) is 1. The Kier molecular flexibility index (Phi) is 3.24. The highest BCUT2D eigenvalue weighted by molar-refractivity contribution is 7.80. The summed E-state index contributed by atoms with van der Waals surface area (Å²) in [5.74, 6) is 0.710. The van der Waals surface area contributed by atoms with Gasteiger partial charge in [-0.15, -0.1) is 0 Å². The van der Waals surface area contributed by atoms with Gasteiger partial charge in [-0.2, -0.15) is 12.6 Å². The normalized spacial score (nSPS) is 17.5. The second-order valence-electron chi connectivity index (χ2n) is 4.62. The van der Waals surface area contributed by atoms with Gasteiger partial charge in [-0.05, 0) is 24.0 Å². The molecule has 6 heteroatoms. The van der Waals surface area contributed by atoms with Crippen molar-refractivity contribution in [3.63, 3.8) is 0 Å². The summed E-state index contributed by atoms with van der Waals surface area (Å²) in [6.07, 6.45) is 4.54. The zero-order chi connectivity index (χ0) is 12.5. The standard InChI is InChI=1S/C11H14N2O3S/c14-10-3-2-9(13(15)16)6-12(10)7-11(8-17)4-1-5-11/h2-3,6,17H,1,4-5,7-8H2. The molecule has 5 nitrogen and oxygen atoms in total. The Hall–Kier alpha value is -1.30. The van der Waals surface area contributed by atoms with Crippen LogP contribution in [-0.2, 0) is 6.54 Å². The average Bonchev–Trinajstić information content (AvgIpc) is 2.25. The topological polar surface area (TPSA) is 65.1 Å². The van der Waals surface area contributed by atoms with Crippen LogP contribution in [-0.4, -0.2) is 15.2 Å². The van der Waals surface area contributed by atoms with Crippen LogP contribution in [0.3, 0.4) is 0 Å². The SMILES string of the molecule is O=c1ccc([N+](=O)[O-])cn1CC1(CS)CCC1. The molecule has 0 aliphatic heterocycles. The quantitative estimate of drug-likeness (QED) is 0.506. The minimum absolute atomic E-state index is 0.0433.